The Morgan fingerprint density at radius 1 is 0.600 bits per heavy atom. The fourth-order valence-electron chi connectivity index (χ4n) is 4.62. The molecule has 2 nitrogen and oxygen atoms in total. The smallest absolute Gasteiger partial charge is 0.121 e. The van der Waals surface area contributed by atoms with Crippen LogP contribution in [0.1, 0.15) is 105 Å². The van der Waals surface area contributed by atoms with Crippen LogP contribution >= 0.6 is 0 Å². The van der Waals surface area contributed by atoms with Gasteiger partial charge in [-0.1, -0.05) is 89.5 Å². The molecule has 0 fully saturated rings. The zero-order chi connectivity index (χ0) is 22.3. The molecule has 2 rings (SSSR count). The number of hydrogen-bond donors (Lipinski definition) is 2. The Hall–Kier alpha value is -1.96. The lowest BCUT2D eigenvalue weighted by Gasteiger charge is -2.33. The molecule has 0 saturated heterocycles. The summed E-state index contributed by atoms with van der Waals surface area (Å²) in [5.74, 6) is 0.789. The largest absolute Gasteiger partial charge is 0.507 e. The van der Waals surface area contributed by atoms with Crippen molar-refractivity contribution in [2.75, 3.05) is 0 Å². The van der Waals surface area contributed by atoms with Gasteiger partial charge in [-0.25, -0.2) is 0 Å². The summed E-state index contributed by atoms with van der Waals surface area (Å²) in [6.45, 7) is 12.5. The van der Waals surface area contributed by atoms with E-state index in [1.807, 2.05) is 27.7 Å². The van der Waals surface area contributed by atoms with Crippen LogP contribution < -0.4 is 0 Å². The summed E-state index contributed by atoms with van der Waals surface area (Å²) in [5.41, 5.74) is 6.08. The van der Waals surface area contributed by atoms with Crippen LogP contribution in [0.2, 0.25) is 0 Å². The Morgan fingerprint density at radius 3 is 1.30 bits per heavy atom. The minimum atomic E-state index is -0.144. The Kier molecular flexibility index (Phi) is 8.82. The maximum absolute atomic E-state index is 10.3. The van der Waals surface area contributed by atoms with Crippen LogP contribution in [-0.4, -0.2) is 10.2 Å². The molecule has 0 spiro atoms. The molecule has 0 aliphatic rings. The summed E-state index contributed by atoms with van der Waals surface area (Å²) < 4.78 is 0. The fraction of sp³-hybridized carbons (Fsp3) is 0.571. The van der Waals surface area contributed by atoms with Gasteiger partial charge in [-0.05, 0) is 67.5 Å². The first-order chi connectivity index (χ1) is 14.2. The van der Waals surface area contributed by atoms with Crippen molar-refractivity contribution in [3.63, 3.8) is 0 Å². The maximum atomic E-state index is 10.3. The van der Waals surface area contributed by atoms with E-state index in [1.165, 1.54) is 62.5 Å². The zero-order valence-electron chi connectivity index (χ0n) is 20.1. The predicted octanol–water partition coefficient (Wildman–Crippen LogP) is 8.17. The molecule has 0 atom stereocenters. The van der Waals surface area contributed by atoms with Gasteiger partial charge in [0.2, 0.25) is 0 Å². The number of aryl methyl sites for hydroxylation is 4. The average Bonchev–Trinajstić information content (AvgIpc) is 2.71. The highest BCUT2D eigenvalue weighted by atomic mass is 16.3. The van der Waals surface area contributed by atoms with E-state index in [0.717, 1.165) is 28.7 Å². The first kappa shape index (κ1) is 24.3. The molecular weight excluding hydrogens is 368 g/mol. The van der Waals surface area contributed by atoms with Gasteiger partial charge in [-0.3, -0.25) is 0 Å². The second-order valence-corrected chi connectivity index (χ2v) is 9.47. The van der Waals surface area contributed by atoms with Crippen LogP contribution in [0.25, 0.3) is 0 Å². The number of rotatable bonds is 11. The van der Waals surface area contributed by atoms with Crippen molar-refractivity contribution < 1.29 is 10.2 Å². The third kappa shape index (κ3) is 5.80. The van der Waals surface area contributed by atoms with Gasteiger partial charge in [0.05, 0.1) is 0 Å². The first-order valence-electron chi connectivity index (χ1n) is 11.8. The Labute approximate surface area is 184 Å². The van der Waals surface area contributed by atoms with Gasteiger partial charge in [0.1, 0.15) is 11.5 Å². The van der Waals surface area contributed by atoms with Gasteiger partial charge >= 0.3 is 0 Å². The molecule has 0 aliphatic carbocycles. The molecule has 0 amide bonds. The van der Waals surface area contributed by atoms with Crippen molar-refractivity contribution in [1.29, 1.82) is 0 Å². The molecule has 2 N–H and O–H groups in total. The highest BCUT2D eigenvalue weighted by Crippen LogP contribution is 2.41. The van der Waals surface area contributed by atoms with E-state index in [0.29, 0.717) is 11.5 Å². The third-order valence-electron chi connectivity index (χ3n) is 6.79. The lowest BCUT2D eigenvalue weighted by atomic mass is 9.71. The predicted molar refractivity (Wildman–Crippen MR) is 129 cm³/mol. The molecular formula is C28H42O2. The lowest BCUT2D eigenvalue weighted by molar-refractivity contribution is 0.453. The summed E-state index contributed by atoms with van der Waals surface area (Å²) in [4.78, 5) is 0. The molecule has 2 aromatic carbocycles. The standard InChI is InChI=1S/C28H42O2/c1-7-8-9-10-11-12-13-14-15-28(6,24-16-20(2)26(29)21(3)17-24)25-18-22(4)27(30)23(5)19-25/h16-19,29-30H,7-15H2,1-6H3. The van der Waals surface area contributed by atoms with Crippen LogP contribution in [0, 0.1) is 27.7 Å². The normalized spacial score (nSPS) is 11.8. The second-order valence-electron chi connectivity index (χ2n) is 9.47. The molecule has 30 heavy (non-hydrogen) atoms. The Morgan fingerprint density at radius 2 is 0.933 bits per heavy atom. The quantitative estimate of drug-likeness (QED) is 0.367. The number of phenols is 2. The number of phenolic OH excluding ortho intramolecular Hbond substituents is 2. The fourth-order valence-corrected chi connectivity index (χ4v) is 4.62. The van der Waals surface area contributed by atoms with Crippen LogP contribution in [0.3, 0.4) is 0 Å². The van der Waals surface area contributed by atoms with Crippen LogP contribution in [-0.2, 0) is 5.41 Å². The minimum absolute atomic E-state index is 0.144. The molecule has 0 unspecified atom stereocenters. The Bertz CT molecular complexity index is 731. The maximum Gasteiger partial charge on any atom is 0.121 e. The van der Waals surface area contributed by atoms with Crippen molar-refractivity contribution in [1.82, 2.24) is 0 Å². The number of benzene rings is 2. The second kappa shape index (κ2) is 10.9. The molecule has 0 aliphatic heterocycles. The van der Waals surface area contributed by atoms with Gasteiger partial charge in [-0.15, -0.1) is 0 Å². The highest BCUT2D eigenvalue weighted by molar-refractivity contribution is 5.51. The van der Waals surface area contributed by atoms with Gasteiger partial charge in [0.25, 0.3) is 0 Å². The van der Waals surface area contributed by atoms with E-state index in [9.17, 15) is 10.2 Å². The molecule has 2 aromatic rings. The Balaban J connectivity index is 2.25. The number of hydrogen-bond acceptors (Lipinski definition) is 2. The molecule has 0 radical (unpaired) electrons. The van der Waals surface area contributed by atoms with Crippen LogP contribution in [0.15, 0.2) is 24.3 Å². The SMILES string of the molecule is CCCCCCCCCCC(C)(c1cc(C)c(O)c(C)c1)c1cc(C)c(O)c(C)c1. The minimum Gasteiger partial charge on any atom is -0.507 e. The van der Waals surface area contributed by atoms with E-state index >= 15 is 0 Å². The van der Waals surface area contributed by atoms with Crippen LogP contribution in [0.4, 0.5) is 0 Å². The highest BCUT2D eigenvalue weighted by Gasteiger charge is 2.30. The molecule has 2 heteroatoms. The zero-order valence-corrected chi connectivity index (χ0v) is 20.1. The van der Waals surface area contributed by atoms with Crippen molar-refractivity contribution in [2.45, 2.75) is 105 Å². The summed E-state index contributed by atoms with van der Waals surface area (Å²) >= 11 is 0. The van der Waals surface area contributed by atoms with E-state index < -0.39 is 0 Å². The van der Waals surface area contributed by atoms with Gasteiger partial charge in [-0.2, -0.15) is 0 Å². The topological polar surface area (TPSA) is 40.5 Å². The monoisotopic (exact) mass is 410 g/mol. The van der Waals surface area contributed by atoms with E-state index in [2.05, 4.69) is 38.1 Å². The van der Waals surface area contributed by atoms with Crippen molar-refractivity contribution >= 4 is 0 Å². The van der Waals surface area contributed by atoms with Crippen molar-refractivity contribution in [3.05, 3.63) is 57.6 Å². The van der Waals surface area contributed by atoms with E-state index in [-0.39, 0.29) is 5.41 Å². The summed E-state index contributed by atoms with van der Waals surface area (Å²) in [7, 11) is 0. The summed E-state index contributed by atoms with van der Waals surface area (Å²) in [6.07, 6.45) is 11.5. The first-order valence-corrected chi connectivity index (χ1v) is 11.8. The number of aromatic hydroxyl groups is 2. The van der Waals surface area contributed by atoms with Gasteiger partial charge in [0, 0.05) is 5.41 Å². The molecule has 0 bridgehead atoms. The molecule has 166 valence electrons. The molecule has 0 saturated carbocycles. The molecule has 0 heterocycles. The van der Waals surface area contributed by atoms with Crippen molar-refractivity contribution in [3.8, 4) is 11.5 Å². The van der Waals surface area contributed by atoms with E-state index in [1.54, 1.807) is 0 Å². The third-order valence-corrected chi connectivity index (χ3v) is 6.79. The summed E-state index contributed by atoms with van der Waals surface area (Å²) in [5, 5.41) is 20.6. The van der Waals surface area contributed by atoms with Gasteiger partial charge in [0.15, 0.2) is 0 Å². The average molecular weight is 411 g/mol. The van der Waals surface area contributed by atoms with E-state index in [4.69, 9.17) is 0 Å². The number of unbranched alkanes of at least 4 members (excludes halogenated alkanes) is 7. The molecule has 0 aromatic heterocycles. The van der Waals surface area contributed by atoms with Gasteiger partial charge < -0.3 is 10.2 Å². The van der Waals surface area contributed by atoms with Crippen molar-refractivity contribution in [2.24, 2.45) is 0 Å². The lowest BCUT2D eigenvalue weighted by Crippen LogP contribution is -2.24. The van der Waals surface area contributed by atoms with Crippen LogP contribution in [0.5, 0.6) is 11.5 Å². The summed E-state index contributed by atoms with van der Waals surface area (Å²) in [6, 6.07) is 8.57.